The minimum absolute atomic E-state index is 0.0646. The highest BCUT2D eigenvalue weighted by Gasteiger charge is 2.23. The molecule has 1 unspecified atom stereocenters. The second kappa shape index (κ2) is 7.03. The van der Waals surface area contributed by atoms with Gasteiger partial charge in [0.15, 0.2) is 5.65 Å². The van der Waals surface area contributed by atoms with Crippen molar-refractivity contribution < 1.29 is 4.79 Å². The van der Waals surface area contributed by atoms with Gasteiger partial charge in [0.1, 0.15) is 0 Å². The molecule has 6 nitrogen and oxygen atoms in total. The van der Waals surface area contributed by atoms with E-state index in [1.165, 1.54) is 0 Å². The van der Waals surface area contributed by atoms with E-state index in [9.17, 15) is 4.79 Å². The number of amides is 1. The van der Waals surface area contributed by atoms with Crippen LogP contribution in [0.1, 0.15) is 28.4 Å². The molecule has 3 aromatic rings. The molecule has 1 atom stereocenters. The molecule has 0 bridgehead atoms. The van der Waals surface area contributed by atoms with Gasteiger partial charge in [0, 0.05) is 36.2 Å². The van der Waals surface area contributed by atoms with Crippen LogP contribution in [0, 0.1) is 0 Å². The van der Waals surface area contributed by atoms with E-state index in [4.69, 9.17) is 5.10 Å². The third-order valence-corrected chi connectivity index (χ3v) is 4.63. The summed E-state index contributed by atoms with van der Waals surface area (Å²) in [5.74, 6) is 0.372. The van der Waals surface area contributed by atoms with Gasteiger partial charge in [0.2, 0.25) is 0 Å². The molecule has 1 saturated heterocycles. The molecule has 1 fully saturated rings. The Balaban J connectivity index is 1.49. The Hall–Kier alpha value is -2.73. The van der Waals surface area contributed by atoms with E-state index in [1.807, 2.05) is 41.1 Å². The maximum absolute atomic E-state index is 12.1. The van der Waals surface area contributed by atoms with Gasteiger partial charge in [-0.15, -0.1) is 0 Å². The van der Waals surface area contributed by atoms with E-state index in [0.29, 0.717) is 24.6 Å². The van der Waals surface area contributed by atoms with Crippen molar-refractivity contribution in [2.24, 2.45) is 0 Å². The normalized spacial score (nSPS) is 17.0. The minimum atomic E-state index is -0.0646. The van der Waals surface area contributed by atoms with Crippen molar-refractivity contribution in [2.75, 3.05) is 19.6 Å². The monoisotopic (exact) mass is 335 g/mol. The maximum atomic E-state index is 12.1. The van der Waals surface area contributed by atoms with Crippen LogP contribution in [0.15, 0.2) is 48.7 Å². The summed E-state index contributed by atoms with van der Waals surface area (Å²) in [6, 6.07) is 13.3. The number of hydrogen-bond acceptors (Lipinski definition) is 4. The van der Waals surface area contributed by atoms with Crippen molar-refractivity contribution in [3.05, 3.63) is 59.9 Å². The summed E-state index contributed by atoms with van der Waals surface area (Å²) in [5.41, 5.74) is 2.67. The highest BCUT2D eigenvalue weighted by atomic mass is 16.1. The highest BCUT2D eigenvalue weighted by Crippen LogP contribution is 2.27. The van der Waals surface area contributed by atoms with Crippen molar-refractivity contribution >= 4 is 16.9 Å². The van der Waals surface area contributed by atoms with Crippen LogP contribution < -0.4 is 10.6 Å². The lowest BCUT2D eigenvalue weighted by Crippen LogP contribution is -2.27. The zero-order chi connectivity index (χ0) is 17.1. The first-order chi connectivity index (χ1) is 12.3. The van der Waals surface area contributed by atoms with Gasteiger partial charge in [-0.3, -0.25) is 4.79 Å². The largest absolute Gasteiger partial charge is 0.350 e. The van der Waals surface area contributed by atoms with Gasteiger partial charge in [-0.1, -0.05) is 18.2 Å². The highest BCUT2D eigenvalue weighted by molar-refractivity contribution is 5.94. The third-order valence-electron chi connectivity index (χ3n) is 4.63. The van der Waals surface area contributed by atoms with Crippen LogP contribution in [0.5, 0.6) is 0 Å². The van der Waals surface area contributed by atoms with Crippen LogP contribution in [-0.2, 0) is 6.54 Å². The van der Waals surface area contributed by atoms with Crippen molar-refractivity contribution in [3.8, 4) is 0 Å². The maximum Gasteiger partial charge on any atom is 0.251 e. The van der Waals surface area contributed by atoms with E-state index in [2.05, 4.69) is 21.7 Å². The number of aromatic nitrogens is 3. The average Bonchev–Trinajstić information content (AvgIpc) is 3.30. The molecule has 2 N–H and O–H groups in total. The van der Waals surface area contributed by atoms with Crippen molar-refractivity contribution in [2.45, 2.75) is 18.9 Å². The lowest BCUT2D eigenvalue weighted by molar-refractivity contribution is 0.0952. The molecule has 1 aliphatic heterocycles. The van der Waals surface area contributed by atoms with Crippen LogP contribution in [0.3, 0.4) is 0 Å². The standard InChI is InChI=1S/C19H21N5O/c25-19(14-5-2-1-3-6-14)22-11-12-24-18-16(7-4-9-21-18)17(23-24)15-8-10-20-13-15/h1-7,9,15,20H,8,10-13H2,(H,22,25). The Morgan fingerprint density at radius 2 is 2.12 bits per heavy atom. The van der Waals surface area contributed by atoms with E-state index in [1.54, 1.807) is 6.20 Å². The van der Waals surface area contributed by atoms with Crippen molar-refractivity contribution in [1.29, 1.82) is 0 Å². The quantitative estimate of drug-likeness (QED) is 0.747. The molecule has 1 amide bonds. The Morgan fingerprint density at radius 1 is 1.24 bits per heavy atom. The van der Waals surface area contributed by atoms with E-state index < -0.39 is 0 Å². The number of fused-ring (bicyclic) bond motifs is 1. The molecule has 0 radical (unpaired) electrons. The molecule has 4 rings (SSSR count). The van der Waals surface area contributed by atoms with Gasteiger partial charge in [-0.2, -0.15) is 5.10 Å². The molecule has 25 heavy (non-hydrogen) atoms. The van der Waals surface area contributed by atoms with Gasteiger partial charge in [0.25, 0.3) is 5.91 Å². The number of nitrogens with one attached hydrogen (secondary N) is 2. The SMILES string of the molecule is O=C(NCCn1nc(C2CCNC2)c2cccnc21)c1ccccc1. The summed E-state index contributed by atoms with van der Waals surface area (Å²) in [6.45, 7) is 3.12. The molecule has 3 heterocycles. The van der Waals surface area contributed by atoms with Gasteiger partial charge in [0.05, 0.1) is 12.2 Å². The molecule has 2 aromatic heterocycles. The molecular formula is C19H21N5O. The van der Waals surface area contributed by atoms with Gasteiger partial charge < -0.3 is 10.6 Å². The summed E-state index contributed by atoms with van der Waals surface area (Å²) in [4.78, 5) is 16.6. The fourth-order valence-electron chi connectivity index (χ4n) is 3.35. The lowest BCUT2D eigenvalue weighted by Gasteiger charge is -2.06. The van der Waals surface area contributed by atoms with Crippen LogP contribution in [0.25, 0.3) is 11.0 Å². The number of pyridine rings is 1. The summed E-state index contributed by atoms with van der Waals surface area (Å²) in [5, 5.41) is 12.3. The summed E-state index contributed by atoms with van der Waals surface area (Å²) in [7, 11) is 0. The number of hydrogen-bond donors (Lipinski definition) is 2. The van der Waals surface area contributed by atoms with Crippen molar-refractivity contribution in [1.82, 2.24) is 25.4 Å². The van der Waals surface area contributed by atoms with Gasteiger partial charge in [-0.05, 0) is 37.2 Å². The molecule has 0 aliphatic carbocycles. The second-order valence-electron chi connectivity index (χ2n) is 6.29. The number of benzene rings is 1. The summed E-state index contributed by atoms with van der Waals surface area (Å²) >= 11 is 0. The fraction of sp³-hybridized carbons (Fsp3) is 0.316. The Morgan fingerprint density at radius 3 is 2.92 bits per heavy atom. The average molecular weight is 335 g/mol. The molecule has 1 aromatic carbocycles. The van der Waals surface area contributed by atoms with Crippen LogP contribution in [0.4, 0.5) is 0 Å². The minimum Gasteiger partial charge on any atom is -0.350 e. The molecule has 6 heteroatoms. The predicted octanol–water partition coefficient (Wildman–Crippen LogP) is 1.94. The Labute approximate surface area is 146 Å². The van der Waals surface area contributed by atoms with Crippen molar-refractivity contribution in [3.63, 3.8) is 0 Å². The van der Waals surface area contributed by atoms with Gasteiger partial charge >= 0.3 is 0 Å². The summed E-state index contributed by atoms with van der Waals surface area (Å²) < 4.78 is 1.91. The molecule has 0 saturated carbocycles. The van der Waals surface area contributed by atoms with E-state index in [-0.39, 0.29) is 5.91 Å². The van der Waals surface area contributed by atoms with E-state index in [0.717, 1.165) is 36.2 Å². The summed E-state index contributed by atoms with van der Waals surface area (Å²) in [6.07, 6.45) is 2.89. The predicted molar refractivity (Wildman–Crippen MR) is 96.5 cm³/mol. The number of nitrogens with zero attached hydrogens (tertiary/aromatic N) is 3. The smallest absolute Gasteiger partial charge is 0.251 e. The Bertz CT molecular complexity index is 868. The topological polar surface area (TPSA) is 71.8 Å². The number of carbonyl (C=O) groups excluding carboxylic acids is 1. The zero-order valence-corrected chi connectivity index (χ0v) is 14.0. The second-order valence-corrected chi connectivity index (χ2v) is 6.29. The first-order valence-electron chi connectivity index (χ1n) is 8.68. The fourth-order valence-corrected chi connectivity index (χ4v) is 3.35. The van der Waals surface area contributed by atoms with Gasteiger partial charge in [-0.25, -0.2) is 9.67 Å². The van der Waals surface area contributed by atoms with Crippen LogP contribution in [0.2, 0.25) is 0 Å². The number of carbonyl (C=O) groups is 1. The molecular weight excluding hydrogens is 314 g/mol. The molecule has 0 spiro atoms. The van der Waals surface area contributed by atoms with Crippen LogP contribution >= 0.6 is 0 Å². The first kappa shape index (κ1) is 15.8. The Kier molecular flexibility index (Phi) is 4.43. The molecule has 1 aliphatic rings. The van der Waals surface area contributed by atoms with Crippen LogP contribution in [-0.4, -0.2) is 40.3 Å². The van der Waals surface area contributed by atoms with E-state index >= 15 is 0 Å². The lowest BCUT2D eigenvalue weighted by atomic mass is 10.0. The molecule has 128 valence electrons. The number of rotatable bonds is 5. The first-order valence-corrected chi connectivity index (χ1v) is 8.68. The zero-order valence-electron chi connectivity index (χ0n) is 14.0. The third kappa shape index (κ3) is 3.25.